The van der Waals surface area contributed by atoms with Crippen molar-refractivity contribution >= 4 is 17.5 Å². The van der Waals surface area contributed by atoms with E-state index in [1.54, 1.807) is 12.1 Å². The lowest BCUT2D eigenvalue weighted by atomic mass is 10.0. The molecule has 1 aromatic rings. The normalized spacial score (nSPS) is 23.9. The summed E-state index contributed by atoms with van der Waals surface area (Å²) >= 11 is 5.89. The molecule has 2 fully saturated rings. The van der Waals surface area contributed by atoms with Crippen molar-refractivity contribution in [1.82, 2.24) is 14.7 Å². The van der Waals surface area contributed by atoms with Crippen molar-refractivity contribution in [1.29, 1.82) is 0 Å². The van der Waals surface area contributed by atoms with E-state index in [9.17, 15) is 4.79 Å². The zero-order valence-electron chi connectivity index (χ0n) is 13.9. The van der Waals surface area contributed by atoms with Crippen LogP contribution in [0, 0.1) is 0 Å². The molecule has 0 N–H and O–H groups in total. The predicted molar refractivity (Wildman–Crippen MR) is 94.1 cm³/mol. The maximum Gasteiger partial charge on any atom is 0.253 e. The fourth-order valence-corrected chi connectivity index (χ4v) is 3.71. The molecule has 1 atom stereocenters. The molecule has 0 bridgehead atoms. The van der Waals surface area contributed by atoms with Crippen LogP contribution in [0.5, 0.6) is 0 Å². The van der Waals surface area contributed by atoms with Crippen LogP contribution in [0.25, 0.3) is 0 Å². The Kier molecular flexibility index (Phi) is 5.57. The highest BCUT2D eigenvalue weighted by Crippen LogP contribution is 2.18. The zero-order chi connectivity index (χ0) is 16.2. The maximum absolute atomic E-state index is 12.5. The summed E-state index contributed by atoms with van der Waals surface area (Å²) in [6.07, 6.45) is 3.99. The molecule has 126 valence electrons. The van der Waals surface area contributed by atoms with Gasteiger partial charge < -0.3 is 9.80 Å². The Labute approximate surface area is 144 Å². The number of piperazine rings is 1. The molecule has 23 heavy (non-hydrogen) atoms. The molecule has 5 heteroatoms. The first-order valence-electron chi connectivity index (χ1n) is 8.61. The highest BCUT2D eigenvalue weighted by Gasteiger charge is 2.26. The minimum atomic E-state index is 0.121. The molecule has 2 aliphatic heterocycles. The van der Waals surface area contributed by atoms with Gasteiger partial charge in [-0.15, -0.1) is 0 Å². The lowest BCUT2D eigenvalue weighted by Gasteiger charge is -2.40. The van der Waals surface area contributed by atoms with Gasteiger partial charge >= 0.3 is 0 Å². The number of hydrogen-bond acceptors (Lipinski definition) is 3. The summed E-state index contributed by atoms with van der Waals surface area (Å²) in [7, 11) is 2.24. The molecule has 0 aliphatic carbocycles. The second-order valence-electron chi connectivity index (χ2n) is 6.73. The average Bonchev–Trinajstić information content (AvgIpc) is 2.58. The molecule has 4 nitrogen and oxygen atoms in total. The summed E-state index contributed by atoms with van der Waals surface area (Å²) < 4.78 is 0. The van der Waals surface area contributed by atoms with Crippen LogP contribution < -0.4 is 0 Å². The quantitative estimate of drug-likeness (QED) is 0.849. The van der Waals surface area contributed by atoms with Crippen molar-refractivity contribution in [2.75, 3.05) is 46.3 Å². The number of halogens is 1. The van der Waals surface area contributed by atoms with E-state index < -0.39 is 0 Å². The zero-order valence-corrected chi connectivity index (χ0v) is 14.6. The molecular weight excluding hydrogens is 310 g/mol. The third kappa shape index (κ3) is 4.25. The first kappa shape index (κ1) is 16.7. The van der Waals surface area contributed by atoms with E-state index in [0.717, 1.165) is 38.3 Å². The number of likely N-dealkylation sites (N-methyl/N-ethyl adjacent to an activating group) is 1. The predicted octanol–water partition coefficient (Wildman–Crippen LogP) is 2.58. The van der Waals surface area contributed by atoms with Crippen LogP contribution in [0.4, 0.5) is 0 Å². The molecule has 0 radical (unpaired) electrons. The van der Waals surface area contributed by atoms with E-state index >= 15 is 0 Å². The Hall–Kier alpha value is -1.10. The number of piperidine rings is 1. The third-order valence-corrected chi connectivity index (χ3v) is 5.39. The summed E-state index contributed by atoms with van der Waals surface area (Å²) in [5, 5.41) is 0.669. The maximum atomic E-state index is 12.5. The van der Waals surface area contributed by atoms with Gasteiger partial charge in [-0.3, -0.25) is 9.69 Å². The summed E-state index contributed by atoms with van der Waals surface area (Å²) in [6.45, 7) is 5.95. The first-order valence-corrected chi connectivity index (χ1v) is 8.99. The van der Waals surface area contributed by atoms with Crippen molar-refractivity contribution in [3.05, 3.63) is 34.9 Å². The SMILES string of the molecule is CN1CCCCC1CN1CCN(C(=O)c2ccc(Cl)cc2)CC1. The number of benzene rings is 1. The molecule has 0 spiro atoms. The van der Waals surface area contributed by atoms with E-state index in [1.807, 2.05) is 17.0 Å². The highest BCUT2D eigenvalue weighted by atomic mass is 35.5. The molecule has 3 rings (SSSR count). The Balaban J connectivity index is 1.50. The molecule has 2 heterocycles. The van der Waals surface area contributed by atoms with Crippen LogP contribution in [-0.4, -0.2) is 73.0 Å². The van der Waals surface area contributed by atoms with Gasteiger partial charge in [0.15, 0.2) is 0 Å². The standard InChI is InChI=1S/C18H26ClN3O/c1-20-9-3-2-4-17(20)14-21-10-12-22(13-11-21)18(23)15-5-7-16(19)8-6-15/h5-8,17H,2-4,9-14H2,1H3. The Morgan fingerprint density at radius 1 is 1.09 bits per heavy atom. The monoisotopic (exact) mass is 335 g/mol. The average molecular weight is 336 g/mol. The van der Waals surface area contributed by atoms with Crippen molar-refractivity contribution in [2.24, 2.45) is 0 Å². The molecule has 2 aliphatic rings. The topological polar surface area (TPSA) is 26.8 Å². The van der Waals surface area contributed by atoms with Crippen LogP contribution in [0.15, 0.2) is 24.3 Å². The first-order chi connectivity index (χ1) is 11.1. The largest absolute Gasteiger partial charge is 0.336 e. The smallest absolute Gasteiger partial charge is 0.253 e. The number of rotatable bonds is 3. The molecule has 2 saturated heterocycles. The van der Waals surface area contributed by atoms with Crippen molar-refractivity contribution in [3.63, 3.8) is 0 Å². The second kappa shape index (κ2) is 7.65. The number of hydrogen-bond donors (Lipinski definition) is 0. The Morgan fingerprint density at radius 2 is 1.78 bits per heavy atom. The van der Waals surface area contributed by atoms with Crippen LogP contribution >= 0.6 is 11.6 Å². The van der Waals surface area contributed by atoms with E-state index in [2.05, 4.69) is 16.8 Å². The number of amides is 1. The summed E-state index contributed by atoms with van der Waals surface area (Å²) in [5.74, 6) is 0.121. The lowest BCUT2D eigenvalue weighted by Crippen LogP contribution is -2.53. The van der Waals surface area contributed by atoms with E-state index in [-0.39, 0.29) is 5.91 Å². The van der Waals surface area contributed by atoms with Crippen LogP contribution in [0.1, 0.15) is 29.6 Å². The van der Waals surface area contributed by atoms with Crippen LogP contribution in [-0.2, 0) is 0 Å². The third-order valence-electron chi connectivity index (χ3n) is 5.14. The van der Waals surface area contributed by atoms with Gasteiger partial charge in [0, 0.05) is 49.4 Å². The van der Waals surface area contributed by atoms with Crippen molar-refractivity contribution < 1.29 is 4.79 Å². The molecule has 1 aromatic carbocycles. The second-order valence-corrected chi connectivity index (χ2v) is 7.17. The fourth-order valence-electron chi connectivity index (χ4n) is 3.58. The molecule has 0 saturated carbocycles. The van der Waals surface area contributed by atoms with Gasteiger partial charge in [0.1, 0.15) is 0 Å². The molecule has 1 unspecified atom stereocenters. The van der Waals surface area contributed by atoms with E-state index in [0.29, 0.717) is 11.1 Å². The highest BCUT2D eigenvalue weighted by molar-refractivity contribution is 6.30. The summed E-state index contributed by atoms with van der Waals surface area (Å²) in [4.78, 5) is 19.5. The van der Waals surface area contributed by atoms with Gasteiger partial charge in [0.2, 0.25) is 0 Å². The van der Waals surface area contributed by atoms with Crippen molar-refractivity contribution in [2.45, 2.75) is 25.3 Å². The molecular formula is C18H26ClN3O. The van der Waals surface area contributed by atoms with Gasteiger partial charge in [-0.05, 0) is 50.7 Å². The van der Waals surface area contributed by atoms with Crippen LogP contribution in [0.2, 0.25) is 5.02 Å². The van der Waals surface area contributed by atoms with Gasteiger partial charge in [-0.1, -0.05) is 18.0 Å². The summed E-state index contributed by atoms with van der Waals surface area (Å²) in [5.41, 5.74) is 0.731. The number of carbonyl (C=O) groups excluding carboxylic acids is 1. The van der Waals surface area contributed by atoms with Crippen LogP contribution in [0.3, 0.4) is 0 Å². The van der Waals surface area contributed by atoms with E-state index in [1.165, 1.54) is 25.8 Å². The Morgan fingerprint density at radius 3 is 2.43 bits per heavy atom. The van der Waals surface area contributed by atoms with Gasteiger partial charge in [-0.25, -0.2) is 0 Å². The number of likely N-dealkylation sites (tertiary alicyclic amines) is 1. The van der Waals surface area contributed by atoms with Gasteiger partial charge in [0.05, 0.1) is 0 Å². The molecule has 0 aromatic heterocycles. The minimum absolute atomic E-state index is 0.121. The minimum Gasteiger partial charge on any atom is -0.336 e. The van der Waals surface area contributed by atoms with Crippen molar-refractivity contribution in [3.8, 4) is 0 Å². The number of carbonyl (C=O) groups is 1. The molecule has 1 amide bonds. The fraction of sp³-hybridized carbons (Fsp3) is 0.611. The van der Waals surface area contributed by atoms with E-state index in [4.69, 9.17) is 11.6 Å². The summed E-state index contributed by atoms with van der Waals surface area (Å²) in [6, 6.07) is 7.87. The lowest BCUT2D eigenvalue weighted by molar-refractivity contribution is 0.0565. The Bertz CT molecular complexity index is 526. The number of nitrogens with zero attached hydrogens (tertiary/aromatic N) is 3. The van der Waals surface area contributed by atoms with Gasteiger partial charge in [0.25, 0.3) is 5.91 Å². The van der Waals surface area contributed by atoms with Gasteiger partial charge in [-0.2, -0.15) is 0 Å².